The number of carbonyl (C=O) groups is 1. The molecule has 1 aromatic rings. The largest absolute Gasteiger partial charge is 0.465 e. The summed E-state index contributed by atoms with van der Waals surface area (Å²) in [5.74, 6) is 4.50. The van der Waals surface area contributed by atoms with Crippen LogP contribution in [0.25, 0.3) is 0 Å². The molecule has 0 radical (unpaired) electrons. The van der Waals surface area contributed by atoms with E-state index in [1.165, 1.54) is 38.5 Å². The maximum absolute atomic E-state index is 12.6. The van der Waals surface area contributed by atoms with Gasteiger partial charge < -0.3 is 14.5 Å². The van der Waals surface area contributed by atoms with Crippen LogP contribution in [-0.4, -0.2) is 25.2 Å². The van der Waals surface area contributed by atoms with E-state index in [4.69, 9.17) is 9.15 Å². The number of furan rings is 1. The molecule has 1 aromatic heterocycles. The molecule has 5 fully saturated rings. The molecule has 1 aliphatic heterocycles. The number of ether oxygens (including phenoxy) is 1. The number of aryl methyl sites for hydroxylation is 1. The molecule has 4 heteroatoms. The lowest BCUT2D eigenvalue weighted by atomic mass is 9.49. The van der Waals surface area contributed by atoms with Crippen molar-refractivity contribution in [2.24, 2.45) is 17.8 Å². The summed E-state index contributed by atoms with van der Waals surface area (Å²) in [6.45, 7) is 3.36. The smallest absolute Gasteiger partial charge is 0.254 e. The van der Waals surface area contributed by atoms with Gasteiger partial charge in [-0.05, 0) is 82.1 Å². The van der Waals surface area contributed by atoms with Gasteiger partial charge in [-0.3, -0.25) is 4.79 Å². The van der Waals surface area contributed by atoms with E-state index in [1.54, 1.807) is 0 Å². The van der Waals surface area contributed by atoms with Gasteiger partial charge in [0, 0.05) is 18.6 Å². The van der Waals surface area contributed by atoms with Gasteiger partial charge in [-0.25, -0.2) is 0 Å². The normalized spacial score (nSPS) is 39.1. The summed E-state index contributed by atoms with van der Waals surface area (Å²) in [4.78, 5) is 12.6. The molecule has 4 saturated carbocycles. The monoisotopic (exact) mass is 343 g/mol. The molecule has 1 saturated heterocycles. The Morgan fingerprint density at radius 3 is 2.48 bits per heavy atom. The van der Waals surface area contributed by atoms with Crippen molar-refractivity contribution in [1.82, 2.24) is 5.32 Å². The molecule has 1 unspecified atom stereocenters. The van der Waals surface area contributed by atoms with Gasteiger partial charge in [0.05, 0.1) is 11.7 Å². The maximum atomic E-state index is 12.6. The number of hydrogen-bond acceptors (Lipinski definition) is 3. The van der Waals surface area contributed by atoms with Crippen molar-refractivity contribution in [1.29, 1.82) is 0 Å². The van der Waals surface area contributed by atoms with Gasteiger partial charge in [0.2, 0.25) is 0 Å². The van der Waals surface area contributed by atoms with E-state index in [1.807, 2.05) is 6.92 Å². The molecule has 1 N–H and O–H groups in total. The number of amides is 1. The molecule has 6 rings (SSSR count). The van der Waals surface area contributed by atoms with Crippen LogP contribution in [0, 0.1) is 24.7 Å². The van der Waals surface area contributed by atoms with Crippen LogP contribution < -0.4 is 5.32 Å². The van der Waals surface area contributed by atoms with Crippen LogP contribution in [0.2, 0.25) is 0 Å². The molecule has 4 aliphatic carbocycles. The molecule has 0 aromatic carbocycles. The molecule has 4 nitrogen and oxygen atoms in total. The van der Waals surface area contributed by atoms with Crippen LogP contribution >= 0.6 is 0 Å². The third kappa shape index (κ3) is 2.73. The lowest BCUT2D eigenvalue weighted by Gasteiger charge is -2.55. The van der Waals surface area contributed by atoms with Crippen molar-refractivity contribution in [3.05, 3.63) is 23.2 Å². The van der Waals surface area contributed by atoms with Crippen molar-refractivity contribution >= 4 is 5.91 Å². The second-order valence-electron chi connectivity index (χ2n) is 9.12. The molecule has 5 aliphatic rings. The van der Waals surface area contributed by atoms with E-state index < -0.39 is 0 Å². The van der Waals surface area contributed by atoms with Gasteiger partial charge in [-0.15, -0.1) is 0 Å². The van der Waals surface area contributed by atoms with E-state index in [2.05, 4.69) is 11.4 Å². The van der Waals surface area contributed by atoms with E-state index in [0.717, 1.165) is 54.3 Å². The van der Waals surface area contributed by atoms with Crippen LogP contribution in [0.3, 0.4) is 0 Å². The maximum Gasteiger partial charge on any atom is 0.254 e. The Kier molecular flexibility index (Phi) is 3.74. The first-order valence-electron chi connectivity index (χ1n) is 10.1. The molecule has 136 valence electrons. The first-order valence-corrected chi connectivity index (χ1v) is 10.1. The molecule has 1 atom stereocenters. The molecular formula is C21H29NO3. The standard InChI is InChI=1S/C21H29NO3/c1-13-18(20(23)22-12-17-3-2-4-24-17)8-19(25-13)21-9-14-5-15(10-21)7-16(6-14)11-21/h8,14-17H,2-7,9-12H2,1H3,(H,22,23). The van der Waals surface area contributed by atoms with Crippen molar-refractivity contribution in [2.45, 2.75) is 69.8 Å². The predicted octanol–water partition coefficient (Wildman–Crippen LogP) is 3.96. The summed E-state index contributed by atoms with van der Waals surface area (Å²) in [5, 5.41) is 3.04. The van der Waals surface area contributed by atoms with Crippen molar-refractivity contribution in [2.75, 3.05) is 13.2 Å². The Hall–Kier alpha value is -1.29. The highest BCUT2D eigenvalue weighted by atomic mass is 16.5. The average Bonchev–Trinajstić information content (AvgIpc) is 3.21. The van der Waals surface area contributed by atoms with Gasteiger partial charge >= 0.3 is 0 Å². The van der Waals surface area contributed by atoms with Crippen LogP contribution in [0.15, 0.2) is 10.5 Å². The fourth-order valence-corrected chi connectivity index (χ4v) is 6.49. The van der Waals surface area contributed by atoms with E-state index in [0.29, 0.717) is 6.54 Å². The Bertz CT molecular complexity index is 635. The van der Waals surface area contributed by atoms with E-state index in [9.17, 15) is 4.79 Å². The lowest BCUT2D eigenvalue weighted by Crippen LogP contribution is -2.48. The molecule has 2 heterocycles. The Labute approximate surface area is 149 Å². The van der Waals surface area contributed by atoms with Gasteiger partial charge in [-0.2, -0.15) is 0 Å². The minimum atomic E-state index is -0.00673. The summed E-state index contributed by atoms with van der Waals surface area (Å²) in [6.07, 6.45) is 10.4. The molecule has 1 amide bonds. The number of carbonyl (C=O) groups excluding carboxylic acids is 1. The van der Waals surface area contributed by atoms with Gasteiger partial charge in [0.1, 0.15) is 11.5 Å². The van der Waals surface area contributed by atoms with Crippen LogP contribution in [0.1, 0.15) is 73.2 Å². The van der Waals surface area contributed by atoms with E-state index in [-0.39, 0.29) is 17.4 Å². The summed E-state index contributed by atoms with van der Waals surface area (Å²) in [7, 11) is 0. The summed E-state index contributed by atoms with van der Waals surface area (Å²) >= 11 is 0. The minimum absolute atomic E-state index is 0.00673. The third-order valence-corrected chi connectivity index (χ3v) is 7.24. The second kappa shape index (κ2) is 5.87. The Morgan fingerprint density at radius 2 is 1.88 bits per heavy atom. The Morgan fingerprint density at radius 1 is 1.20 bits per heavy atom. The highest BCUT2D eigenvalue weighted by Crippen LogP contribution is 2.61. The second-order valence-corrected chi connectivity index (χ2v) is 9.12. The van der Waals surface area contributed by atoms with Crippen molar-refractivity contribution < 1.29 is 13.9 Å². The van der Waals surface area contributed by atoms with E-state index >= 15 is 0 Å². The fraction of sp³-hybridized carbons (Fsp3) is 0.762. The quantitative estimate of drug-likeness (QED) is 0.900. The summed E-state index contributed by atoms with van der Waals surface area (Å²) in [5.41, 5.74) is 0.941. The minimum Gasteiger partial charge on any atom is -0.465 e. The first-order chi connectivity index (χ1) is 12.1. The van der Waals surface area contributed by atoms with Crippen molar-refractivity contribution in [3.8, 4) is 0 Å². The summed E-state index contributed by atoms with van der Waals surface area (Å²) < 4.78 is 11.8. The molecule has 25 heavy (non-hydrogen) atoms. The zero-order chi connectivity index (χ0) is 17.0. The average molecular weight is 343 g/mol. The van der Waals surface area contributed by atoms with Gasteiger partial charge in [0.25, 0.3) is 5.91 Å². The highest BCUT2D eigenvalue weighted by molar-refractivity contribution is 5.95. The first kappa shape index (κ1) is 15.9. The molecule has 4 bridgehead atoms. The van der Waals surface area contributed by atoms with Gasteiger partial charge in [-0.1, -0.05) is 0 Å². The van der Waals surface area contributed by atoms with Crippen molar-refractivity contribution in [3.63, 3.8) is 0 Å². The third-order valence-electron chi connectivity index (χ3n) is 7.24. The zero-order valence-corrected chi connectivity index (χ0v) is 15.2. The topological polar surface area (TPSA) is 51.5 Å². The lowest BCUT2D eigenvalue weighted by molar-refractivity contribution is -0.0154. The van der Waals surface area contributed by atoms with Gasteiger partial charge in [0.15, 0.2) is 0 Å². The Balaban J connectivity index is 1.34. The molecule has 0 spiro atoms. The fourth-order valence-electron chi connectivity index (χ4n) is 6.49. The summed E-state index contributed by atoms with van der Waals surface area (Å²) in [6, 6.07) is 2.06. The molecular weight excluding hydrogens is 314 g/mol. The predicted molar refractivity (Wildman–Crippen MR) is 94.6 cm³/mol. The zero-order valence-electron chi connectivity index (χ0n) is 15.2. The van der Waals surface area contributed by atoms with Crippen LogP contribution in [-0.2, 0) is 10.2 Å². The highest BCUT2D eigenvalue weighted by Gasteiger charge is 2.53. The van der Waals surface area contributed by atoms with Crippen LogP contribution in [0.4, 0.5) is 0 Å². The number of nitrogens with one attached hydrogen (secondary N) is 1. The number of rotatable bonds is 4. The SMILES string of the molecule is Cc1oc(C23CC4CC(CC(C4)C2)C3)cc1C(=O)NCC1CCCO1. The van der Waals surface area contributed by atoms with Crippen LogP contribution in [0.5, 0.6) is 0 Å². The number of hydrogen-bond donors (Lipinski definition) is 1.